The summed E-state index contributed by atoms with van der Waals surface area (Å²) in [6.45, 7) is 0. The molecular weight excluding hydrogens is 308 g/mol. The van der Waals surface area contributed by atoms with Gasteiger partial charge in [-0.25, -0.2) is 14.8 Å². The van der Waals surface area contributed by atoms with E-state index in [1.54, 1.807) is 11.6 Å². The maximum absolute atomic E-state index is 11.3. The Morgan fingerprint density at radius 3 is 3.00 bits per heavy atom. The first-order chi connectivity index (χ1) is 10.2. The van der Waals surface area contributed by atoms with E-state index in [1.807, 2.05) is 24.3 Å². The number of carbonyl (C=O) groups excluding carboxylic acids is 1. The number of benzene rings is 1. The summed E-state index contributed by atoms with van der Waals surface area (Å²) < 4.78 is 5.58. The molecule has 0 saturated carbocycles. The lowest BCUT2D eigenvalue weighted by Crippen LogP contribution is -2.00. The fraction of sp³-hybridized carbons (Fsp3) is 0.0714. The molecule has 0 aliphatic carbocycles. The molecule has 21 heavy (non-hydrogen) atoms. The zero-order valence-corrected chi connectivity index (χ0v) is 12.6. The highest BCUT2D eigenvalue weighted by molar-refractivity contribution is 7.21. The lowest BCUT2D eigenvalue weighted by Gasteiger charge is -1.91. The first kappa shape index (κ1) is 13.7. The van der Waals surface area contributed by atoms with Crippen LogP contribution in [0.3, 0.4) is 0 Å². The van der Waals surface area contributed by atoms with E-state index in [0.29, 0.717) is 10.0 Å². The van der Waals surface area contributed by atoms with Gasteiger partial charge in [0.25, 0.3) is 0 Å². The summed E-state index contributed by atoms with van der Waals surface area (Å²) in [5, 5.41) is 13.0. The van der Waals surface area contributed by atoms with Gasteiger partial charge in [-0.3, -0.25) is 0 Å². The van der Waals surface area contributed by atoms with Crippen LogP contribution in [0.1, 0.15) is 15.4 Å². The Kier molecular flexibility index (Phi) is 3.68. The molecule has 0 radical (unpaired) electrons. The molecule has 0 aliphatic rings. The second kappa shape index (κ2) is 5.63. The molecule has 3 aromatic rings. The second-order valence-corrected chi connectivity index (χ2v) is 6.00. The Morgan fingerprint density at radius 1 is 1.43 bits per heavy atom. The van der Waals surface area contributed by atoms with Crippen molar-refractivity contribution in [1.82, 2.24) is 4.98 Å². The first-order valence-electron chi connectivity index (χ1n) is 5.97. The Morgan fingerprint density at radius 2 is 2.24 bits per heavy atom. The SMILES string of the molecule is COC(=O)c1csc(/N=C/c2sc3ccccc3c2O)n1. The van der Waals surface area contributed by atoms with Gasteiger partial charge in [0.15, 0.2) is 5.69 Å². The Bertz CT molecular complexity index is 836. The van der Waals surface area contributed by atoms with Crippen molar-refractivity contribution in [3.8, 4) is 5.75 Å². The zero-order valence-electron chi connectivity index (χ0n) is 10.9. The fourth-order valence-electron chi connectivity index (χ4n) is 1.77. The topological polar surface area (TPSA) is 71.8 Å². The number of methoxy groups -OCH3 is 1. The highest BCUT2D eigenvalue weighted by atomic mass is 32.1. The molecule has 1 aromatic carbocycles. The average Bonchev–Trinajstić information content (AvgIpc) is 3.10. The van der Waals surface area contributed by atoms with Gasteiger partial charge in [-0.1, -0.05) is 12.1 Å². The third-order valence-electron chi connectivity index (χ3n) is 2.77. The molecule has 1 N–H and O–H groups in total. The number of ether oxygens (including phenoxy) is 1. The number of hydrogen-bond acceptors (Lipinski definition) is 7. The molecule has 0 atom stereocenters. The largest absolute Gasteiger partial charge is 0.506 e. The maximum Gasteiger partial charge on any atom is 0.357 e. The molecule has 2 heterocycles. The van der Waals surface area contributed by atoms with Crippen LogP contribution in [-0.2, 0) is 4.74 Å². The van der Waals surface area contributed by atoms with Gasteiger partial charge in [0.1, 0.15) is 5.75 Å². The van der Waals surface area contributed by atoms with Crippen molar-refractivity contribution in [2.75, 3.05) is 7.11 Å². The summed E-state index contributed by atoms with van der Waals surface area (Å²) in [4.78, 5) is 20.2. The number of aromatic nitrogens is 1. The lowest BCUT2D eigenvalue weighted by molar-refractivity contribution is 0.0595. The molecule has 0 aliphatic heterocycles. The molecule has 0 bridgehead atoms. The monoisotopic (exact) mass is 318 g/mol. The second-order valence-electron chi connectivity index (χ2n) is 4.08. The predicted molar refractivity (Wildman–Crippen MR) is 84.2 cm³/mol. The number of aromatic hydroxyl groups is 1. The van der Waals surface area contributed by atoms with Gasteiger partial charge in [-0.15, -0.1) is 22.7 Å². The van der Waals surface area contributed by atoms with Crippen molar-refractivity contribution in [1.29, 1.82) is 0 Å². The molecule has 0 spiro atoms. The van der Waals surface area contributed by atoms with Crippen LogP contribution in [0.15, 0.2) is 34.6 Å². The van der Waals surface area contributed by atoms with Crippen LogP contribution >= 0.6 is 22.7 Å². The van der Waals surface area contributed by atoms with E-state index in [1.165, 1.54) is 29.8 Å². The van der Waals surface area contributed by atoms with Crippen molar-refractivity contribution >= 4 is 50.1 Å². The van der Waals surface area contributed by atoms with E-state index < -0.39 is 5.97 Å². The Labute approximate surface area is 128 Å². The zero-order chi connectivity index (χ0) is 14.8. The smallest absolute Gasteiger partial charge is 0.357 e. The number of thiophene rings is 1. The molecule has 3 rings (SSSR count). The summed E-state index contributed by atoms with van der Waals surface area (Å²) in [6.07, 6.45) is 1.56. The van der Waals surface area contributed by atoms with Crippen molar-refractivity contribution in [3.63, 3.8) is 0 Å². The van der Waals surface area contributed by atoms with Crippen LogP contribution in [0.2, 0.25) is 0 Å². The third-order valence-corrected chi connectivity index (χ3v) is 4.62. The van der Waals surface area contributed by atoms with Crippen LogP contribution < -0.4 is 0 Å². The molecule has 5 nitrogen and oxygen atoms in total. The number of nitrogens with zero attached hydrogens (tertiary/aromatic N) is 2. The van der Waals surface area contributed by atoms with Crippen LogP contribution in [-0.4, -0.2) is 29.4 Å². The van der Waals surface area contributed by atoms with Crippen molar-refractivity contribution < 1.29 is 14.6 Å². The number of rotatable bonds is 3. The Balaban J connectivity index is 1.89. The highest BCUT2D eigenvalue weighted by Gasteiger charge is 2.11. The molecule has 0 saturated heterocycles. The summed E-state index contributed by atoms with van der Waals surface area (Å²) in [5.74, 6) is -0.276. The standard InChI is InChI=1S/C14H10N2O3S2/c1-19-13(18)9-7-20-14(16-9)15-6-11-12(17)8-4-2-3-5-10(8)21-11/h2-7,17H,1H3/b15-6+. The summed E-state index contributed by atoms with van der Waals surface area (Å²) in [7, 11) is 1.31. The minimum absolute atomic E-state index is 0.212. The van der Waals surface area contributed by atoms with E-state index >= 15 is 0 Å². The van der Waals surface area contributed by atoms with E-state index in [4.69, 9.17) is 0 Å². The van der Waals surface area contributed by atoms with E-state index in [-0.39, 0.29) is 11.4 Å². The summed E-state index contributed by atoms with van der Waals surface area (Å²) in [5.41, 5.74) is 0.232. The fourth-order valence-corrected chi connectivity index (χ4v) is 3.37. The van der Waals surface area contributed by atoms with Gasteiger partial charge in [0.2, 0.25) is 5.13 Å². The van der Waals surface area contributed by atoms with Crippen LogP contribution in [0.25, 0.3) is 10.1 Å². The number of hydrogen-bond donors (Lipinski definition) is 1. The first-order valence-corrected chi connectivity index (χ1v) is 7.67. The van der Waals surface area contributed by atoms with Gasteiger partial charge < -0.3 is 9.84 Å². The maximum atomic E-state index is 11.3. The molecule has 106 valence electrons. The minimum Gasteiger partial charge on any atom is -0.506 e. The van der Waals surface area contributed by atoms with Gasteiger partial charge in [0, 0.05) is 15.5 Å². The van der Waals surface area contributed by atoms with E-state index in [9.17, 15) is 9.90 Å². The number of carbonyl (C=O) groups is 1. The van der Waals surface area contributed by atoms with Gasteiger partial charge in [-0.05, 0) is 12.1 Å². The van der Waals surface area contributed by atoms with Crippen LogP contribution in [0.5, 0.6) is 5.75 Å². The molecule has 0 amide bonds. The van der Waals surface area contributed by atoms with E-state index in [2.05, 4.69) is 14.7 Å². The lowest BCUT2D eigenvalue weighted by atomic mass is 10.2. The minimum atomic E-state index is -0.489. The van der Waals surface area contributed by atoms with Crippen molar-refractivity contribution in [2.45, 2.75) is 0 Å². The predicted octanol–water partition coefficient (Wildman–Crippen LogP) is 3.60. The molecule has 7 heteroatoms. The third kappa shape index (κ3) is 2.65. The summed E-state index contributed by atoms with van der Waals surface area (Å²) in [6, 6.07) is 7.59. The summed E-state index contributed by atoms with van der Waals surface area (Å²) >= 11 is 2.69. The molecule has 0 fully saturated rings. The molecule has 2 aromatic heterocycles. The van der Waals surface area contributed by atoms with Gasteiger partial charge in [0.05, 0.1) is 18.2 Å². The molecule has 0 unspecified atom stereocenters. The van der Waals surface area contributed by atoms with Crippen LogP contribution in [0.4, 0.5) is 5.13 Å². The van der Waals surface area contributed by atoms with E-state index in [0.717, 1.165) is 10.1 Å². The highest BCUT2D eigenvalue weighted by Crippen LogP contribution is 2.35. The number of fused-ring (bicyclic) bond motifs is 1. The number of thiazole rings is 1. The molecular formula is C14H10N2O3S2. The number of esters is 1. The van der Waals surface area contributed by atoms with Crippen LogP contribution in [0, 0.1) is 0 Å². The van der Waals surface area contributed by atoms with Crippen molar-refractivity contribution in [2.24, 2.45) is 4.99 Å². The Hall–Kier alpha value is -2.25. The van der Waals surface area contributed by atoms with Crippen molar-refractivity contribution in [3.05, 3.63) is 40.2 Å². The number of aliphatic imine (C=N–C) groups is 1. The van der Waals surface area contributed by atoms with Gasteiger partial charge in [-0.2, -0.15) is 0 Å². The van der Waals surface area contributed by atoms with Gasteiger partial charge >= 0.3 is 5.97 Å². The average molecular weight is 318 g/mol. The quantitative estimate of drug-likeness (QED) is 0.591. The normalized spacial score (nSPS) is 11.3.